The van der Waals surface area contributed by atoms with Gasteiger partial charge in [0, 0.05) is 31.0 Å². The molecule has 2 heterocycles. The Morgan fingerprint density at radius 2 is 1.92 bits per heavy atom. The van der Waals surface area contributed by atoms with Crippen LogP contribution >= 0.6 is 11.3 Å². The third kappa shape index (κ3) is 3.98. The second-order valence-corrected chi connectivity index (χ2v) is 8.92. The number of aromatic nitrogens is 2. The largest absolute Gasteiger partial charge is 0.339 e. The molecule has 1 saturated heterocycles. The van der Waals surface area contributed by atoms with Crippen LogP contribution < -0.4 is 0 Å². The van der Waals surface area contributed by atoms with Gasteiger partial charge in [-0.15, -0.1) is 21.5 Å². The van der Waals surface area contributed by atoms with Crippen molar-refractivity contribution < 1.29 is 4.79 Å². The van der Waals surface area contributed by atoms with Gasteiger partial charge < -0.3 is 4.90 Å². The molecule has 1 saturated carbocycles. The highest BCUT2D eigenvalue weighted by Gasteiger charge is 2.27. The summed E-state index contributed by atoms with van der Waals surface area (Å²) >= 11 is 1.81. The minimum Gasteiger partial charge on any atom is -0.339 e. The van der Waals surface area contributed by atoms with E-state index in [2.05, 4.69) is 10.2 Å². The lowest BCUT2D eigenvalue weighted by atomic mass is 9.97. The van der Waals surface area contributed by atoms with Gasteiger partial charge >= 0.3 is 0 Å². The third-order valence-electron chi connectivity index (χ3n) is 5.82. The first kappa shape index (κ1) is 17.7. The lowest BCUT2D eigenvalue weighted by Crippen LogP contribution is -2.37. The predicted octanol–water partition coefficient (Wildman–Crippen LogP) is 4.60. The molecule has 26 heavy (non-hydrogen) atoms. The first-order valence-electron chi connectivity index (χ1n) is 9.87. The van der Waals surface area contributed by atoms with E-state index in [-0.39, 0.29) is 5.91 Å². The molecule has 0 radical (unpaired) electrons. The molecule has 1 aliphatic carbocycles. The molecule has 2 aromatic rings. The number of piperidine rings is 1. The fraction of sp³-hybridized carbons (Fsp3) is 0.571. The normalized spacial score (nSPS) is 19.2. The summed E-state index contributed by atoms with van der Waals surface area (Å²) in [6.45, 7) is 3.66. The zero-order valence-corrected chi connectivity index (χ0v) is 16.3. The first-order valence-corrected chi connectivity index (χ1v) is 10.7. The van der Waals surface area contributed by atoms with E-state index in [9.17, 15) is 4.79 Å². The molecule has 0 unspecified atom stereocenters. The Balaban J connectivity index is 1.33. The lowest BCUT2D eigenvalue weighted by Gasteiger charge is -2.31. The van der Waals surface area contributed by atoms with Crippen molar-refractivity contribution in [2.45, 2.75) is 57.8 Å². The maximum atomic E-state index is 12.7. The van der Waals surface area contributed by atoms with Gasteiger partial charge in [-0.3, -0.25) is 4.79 Å². The van der Waals surface area contributed by atoms with Crippen molar-refractivity contribution in [1.29, 1.82) is 0 Å². The molecule has 2 aliphatic rings. The van der Waals surface area contributed by atoms with E-state index in [0.29, 0.717) is 5.92 Å². The van der Waals surface area contributed by atoms with Crippen LogP contribution in [-0.2, 0) is 6.42 Å². The number of amides is 1. The molecular weight excluding hydrogens is 342 g/mol. The highest BCUT2D eigenvalue weighted by Crippen LogP contribution is 2.33. The minimum atomic E-state index is 0.159. The van der Waals surface area contributed by atoms with Crippen LogP contribution in [-0.4, -0.2) is 34.1 Å². The van der Waals surface area contributed by atoms with E-state index in [4.69, 9.17) is 0 Å². The second kappa shape index (κ2) is 7.87. The van der Waals surface area contributed by atoms with Crippen LogP contribution in [0.4, 0.5) is 0 Å². The number of rotatable bonds is 4. The van der Waals surface area contributed by atoms with Crippen molar-refractivity contribution in [3.05, 3.63) is 45.4 Å². The molecule has 1 aromatic heterocycles. The average molecular weight is 370 g/mol. The van der Waals surface area contributed by atoms with Crippen LogP contribution in [0.1, 0.15) is 70.4 Å². The summed E-state index contributed by atoms with van der Waals surface area (Å²) in [4.78, 5) is 14.7. The third-order valence-corrected chi connectivity index (χ3v) is 6.93. The zero-order valence-electron chi connectivity index (χ0n) is 15.5. The summed E-state index contributed by atoms with van der Waals surface area (Å²) < 4.78 is 0. The summed E-state index contributed by atoms with van der Waals surface area (Å²) in [5.74, 6) is 1.45. The van der Waals surface area contributed by atoms with Crippen LogP contribution in [0.5, 0.6) is 0 Å². The van der Waals surface area contributed by atoms with Crippen molar-refractivity contribution in [2.75, 3.05) is 13.1 Å². The topological polar surface area (TPSA) is 46.1 Å². The molecule has 0 spiro atoms. The number of carbonyl (C=O) groups excluding carboxylic acids is 1. The molecule has 1 amide bonds. The SMILES string of the molecule is Cc1cccc(C(=O)N2CCC(c3nnc(CC4CCCC4)s3)CC2)c1. The first-order chi connectivity index (χ1) is 12.7. The van der Waals surface area contributed by atoms with Crippen LogP contribution in [0, 0.1) is 12.8 Å². The molecular formula is C21H27N3OS. The summed E-state index contributed by atoms with van der Waals surface area (Å²) in [7, 11) is 0. The molecule has 5 heteroatoms. The monoisotopic (exact) mass is 369 g/mol. The van der Waals surface area contributed by atoms with Crippen molar-refractivity contribution in [3.63, 3.8) is 0 Å². The standard InChI is InChI=1S/C21H27N3OS/c1-15-5-4-8-18(13-15)21(25)24-11-9-17(10-12-24)20-23-22-19(26-20)14-16-6-2-3-7-16/h4-5,8,13,16-17H,2-3,6-7,9-12,14H2,1H3. The van der Waals surface area contributed by atoms with Gasteiger partial charge in [0.05, 0.1) is 0 Å². The number of hydrogen-bond donors (Lipinski definition) is 0. The maximum Gasteiger partial charge on any atom is 0.253 e. The fourth-order valence-electron chi connectivity index (χ4n) is 4.27. The number of carbonyl (C=O) groups is 1. The smallest absolute Gasteiger partial charge is 0.253 e. The van der Waals surface area contributed by atoms with Crippen LogP contribution in [0.25, 0.3) is 0 Å². The van der Waals surface area contributed by atoms with Gasteiger partial charge in [-0.05, 0) is 37.8 Å². The van der Waals surface area contributed by atoms with E-state index < -0.39 is 0 Å². The van der Waals surface area contributed by atoms with Gasteiger partial charge in [-0.25, -0.2) is 0 Å². The molecule has 4 rings (SSSR count). The Labute approximate surface area is 159 Å². The number of hydrogen-bond acceptors (Lipinski definition) is 4. The number of benzene rings is 1. The molecule has 0 N–H and O–H groups in total. The van der Waals surface area contributed by atoms with E-state index in [1.54, 1.807) is 0 Å². The Bertz CT molecular complexity index is 758. The van der Waals surface area contributed by atoms with Gasteiger partial charge in [0.25, 0.3) is 5.91 Å². The molecule has 0 atom stereocenters. The predicted molar refractivity (Wildman–Crippen MR) is 105 cm³/mol. The lowest BCUT2D eigenvalue weighted by molar-refractivity contribution is 0.0712. The summed E-state index contributed by atoms with van der Waals surface area (Å²) in [5.41, 5.74) is 1.94. The highest BCUT2D eigenvalue weighted by atomic mass is 32.1. The molecule has 138 valence electrons. The fourth-order valence-corrected chi connectivity index (χ4v) is 5.39. The summed E-state index contributed by atoms with van der Waals surface area (Å²) in [6.07, 6.45) is 8.57. The number of nitrogens with zero attached hydrogens (tertiary/aromatic N) is 3. The van der Waals surface area contributed by atoms with Crippen LogP contribution in [0.2, 0.25) is 0 Å². The van der Waals surface area contributed by atoms with Gasteiger partial charge in [0.2, 0.25) is 0 Å². The van der Waals surface area contributed by atoms with Gasteiger partial charge in [-0.2, -0.15) is 0 Å². The van der Waals surface area contributed by atoms with E-state index >= 15 is 0 Å². The number of aryl methyl sites for hydroxylation is 1. The molecule has 2 fully saturated rings. The minimum absolute atomic E-state index is 0.159. The van der Waals surface area contributed by atoms with E-state index in [1.807, 2.05) is 47.4 Å². The van der Waals surface area contributed by atoms with Crippen LogP contribution in [0.3, 0.4) is 0 Å². The summed E-state index contributed by atoms with van der Waals surface area (Å²) in [6, 6.07) is 7.89. The quantitative estimate of drug-likeness (QED) is 0.791. The Morgan fingerprint density at radius 1 is 1.15 bits per heavy atom. The molecule has 1 aromatic carbocycles. The highest BCUT2D eigenvalue weighted by molar-refractivity contribution is 7.11. The van der Waals surface area contributed by atoms with Gasteiger partial charge in [0.1, 0.15) is 10.0 Å². The Morgan fingerprint density at radius 3 is 2.65 bits per heavy atom. The van der Waals surface area contributed by atoms with E-state index in [0.717, 1.165) is 49.4 Å². The second-order valence-electron chi connectivity index (χ2n) is 7.82. The van der Waals surface area contributed by atoms with E-state index in [1.165, 1.54) is 35.7 Å². The van der Waals surface area contributed by atoms with Crippen molar-refractivity contribution in [2.24, 2.45) is 5.92 Å². The zero-order chi connectivity index (χ0) is 17.9. The van der Waals surface area contributed by atoms with Gasteiger partial charge in [-0.1, -0.05) is 43.4 Å². The Kier molecular flexibility index (Phi) is 5.34. The van der Waals surface area contributed by atoms with Crippen molar-refractivity contribution >= 4 is 17.2 Å². The van der Waals surface area contributed by atoms with Crippen molar-refractivity contribution in [3.8, 4) is 0 Å². The summed E-state index contributed by atoms with van der Waals surface area (Å²) in [5, 5.41) is 11.3. The molecule has 4 nitrogen and oxygen atoms in total. The number of likely N-dealkylation sites (tertiary alicyclic amines) is 1. The molecule has 0 bridgehead atoms. The molecule has 1 aliphatic heterocycles. The van der Waals surface area contributed by atoms with Crippen molar-refractivity contribution in [1.82, 2.24) is 15.1 Å². The average Bonchev–Trinajstić information content (AvgIpc) is 3.34. The Hall–Kier alpha value is -1.75. The van der Waals surface area contributed by atoms with Crippen LogP contribution in [0.15, 0.2) is 24.3 Å². The maximum absolute atomic E-state index is 12.7. The van der Waals surface area contributed by atoms with Gasteiger partial charge in [0.15, 0.2) is 0 Å².